The summed E-state index contributed by atoms with van der Waals surface area (Å²) in [6.07, 6.45) is 2.25. The third-order valence-corrected chi connectivity index (χ3v) is 2.76. The Hall–Kier alpha value is -0.990. The van der Waals surface area contributed by atoms with Crippen molar-refractivity contribution < 1.29 is 9.53 Å². The second kappa shape index (κ2) is 3.87. The minimum atomic E-state index is -0.270. The van der Waals surface area contributed by atoms with Gasteiger partial charge in [-0.2, -0.15) is 0 Å². The first-order valence-electron chi connectivity index (χ1n) is 4.44. The first-order valence-corrected chi connectivity index (χ1v) is 5.20. The van der Waals surface area contributed by atoms with Crippen molar-refractivity contribution in [2.24, 2.45) is 0 Å². The molecule has 15 heavy (non-hydrogen) atoms. The lowest BCUT2D eigenvalue weighted by atomic mass is 10.0. The van der Waals surface area contributed by atoms with Crippen molar-refractivity contribution in [3.63, 3.8) is 0 Å². The summed E-state index contributed by atoms with van der Waals surface area (Å²) < 4.78 is 5.53. The molecule has 0 N–H and O–H groups in total. The number of carbonyl (C=O) groups excluding carboxylic acids is 1. The smallest absolute Gasteiger partial charge is 0.149 e. The lowest BCUT2D eigenvalue weighted by molar-refractivity contribution is -0.105. The van der Waals surface area contributed by atoms with Gasteiger partial charge >= 0.3 is 0 Å². The van der Waals surface area contributed by atoms with Crippen LogP contribution in [0.2, 0.25) is 10.0 Å². The lowest BCUT2D eigenvalue weighted by Gasteiger charge is -2.22. The normalized spacial score (nSPS) is 18.9. The van der Waals surface area contributed by atoms with E-state index >= 15 is 0 Å². The number of fused-ring (bicyclic) bond motifs is 1. The van der Waals surface area contributed by atoms with Gasteiger partial charge in [-0.3, -0.25) is 4.79 Å². The molecule has 1 heterocycles. The number of benzene rings is 1. The average molecular weight is 243 g/mol. The Morgan fingerprint density at radius 1 is 1.40 bits per heavy atom. The lowest BCUT2D eigenvalue weighted by Crippen LogP contribution is -2.19. The molecule has 2 nitrogen and oxygen atoms in total. The zero-order chi connectivity index (χ0) is 11.0. The second-order valence-electron chi connectivity index (χ2n) is 3.33. The summed E-state index contributed by atoms with van der Waals surface area (Å²) in [7, 11) is 0. The number of ether oxygens (including phenoxy) is 1. The fraction of sp³-hybridized carbons (Fsp3) is 0.182. The highest BCUT2D eigenvalue weighted by Crippen LogP contribution is 2.37. The number of rotatable bonds is 1. The molecule has 0 saturated carbocycles. The SMILES string of the molecule is C[C@H]1Oc2c(Cl)cc(Cl)cc2C=C1C=O. The van der Waals surface area contributed by atoms with Crippen LogP contribution in [0.15, 0.2) is 17.7 Å². The fourth-order valence-electron chi connectivity index (χ4n) is 1.48. The Balaban J connectivity index is 2.59. The Morgan fingerprint density at radius 3 is 2.80 bits per heavy atom. The highest BCUT2D eigenvalue weighted by atomic mass is 35.5. The molecule has 0 radical (unpaired) electrons. The quantitative estimate of drug-likeness (QED) is 0.707. The Kier molecular flexibility index (Phi) is 2.72. The first kappa shape index (κ1) is 10.5. The van der Waals surface area contributed by atoms with Gasteiger partial charge in [0.2, 0.25) is 0 Å². The molecule has 0 saturated heterocycles. The molecular weight excluding hydrogens is 235 g/mol. The fourth-order valence-corrected chi connectivity index (χ4v) is 2.04. The maximum absolute atomic E-state index is 10.7. The van der Waals surface area contributed by atoms with Crippen molar-refractivity contribution in [2.75, 3.05) is 0 Å². The molecule has 0 spiro atoms. The molecule has 0 unspecified atom stereocenters. The van der Waals surface area contributed by atoms with Crippen LogP contribution in [-0.4, -0.2) is 12.4 Å². The van der Waals surface area contributed by atoms with Gasteiger partial charge in [0.1, 0.15) is 18.1 Å². The zero-order valence-corrected chi connectivity index (χ0v) is 9.47. The summed E-state index contributed by atoms with van der Waals surface area (Å²) in [5.41, 5.74) is 1.33. The minimum absolute atomic E-state index is 0.270. The molecule has 0 bridgehead atoms. The van der Waals surface area contributed by atoms with Crippen molar-refractivity contribution in [1.29, 1.82) is 0 Å². The molecular formula is C11H8Cl2O2. The van der Waals surface area contributed by atoms with Crippen LogP contribution in [-0.2, 0) is 4.79 Å². The largest absolute Gasteiger partial charge is 0.484 e. The van der Waals surface area contributed by atoms with E-state index in [-0.39, 0.29) is 6.10 Å². The van der Waals surface area contributed by atoms with Crippen molar-refractivity contribution in [2.45, 2.75) is 13.0 Å². The average Bonchev–Trinajstić information content (AvgIpc) is 2.18. The van der Waals surface area contributed by atoms with E-state index in [1.807, 2.05) is 0 Å². The highest BCUT2D eigenvalue weighted by molar-refractivity contribution is 6.36. The van der Waals surface area contributed by atoms with E-state index in [9.17, 15) is 4.79 Å². The molecule has 0 fully saturated rings. The monoisotopic (exact) mass is 242 g/mol. The summed E-state index contributed by atoms with van der Waals surface area (Å²) in [6.45, 7) is 1.80. The van der Waals surface area contributed by atoms with Gasteiger partial charge in [-0.15, -0.1) is 0 Å². The van der Waals surface area contributed by atoms with Crippen LogP contribution in [0, 0.1) is 0 Å². The topological polar surface area (TPSA) is 26.3 Å². The van der Waals surface area contributed by atoms with Crippen LogP contribution < -0.4 is 4.74 Å². The Morgan fingerprint density at radius 2 is 2.13 bits per heavy atom. The minimum Gasteiger partial charge on any atom is -0.484 e. The number of hydrogen-bond donors (Lipinski definition) is 0. The van der Waals surface area contributed by atoms with E-state index in [0.29, 0.717) is 21.4 Å². The summed E-state index contributed by atoms with van der Waals surface area (Å²) in [5.74, 6) is 0.583. The van der Waals surface area contributed by atoms with Crippen molar-refractivity contribution in [3.05, 3.63) is 33.3 Å². The summed E-state index contributed by atoms with van der Waals surface area (Å²) in [6, 6.07) is 3.34. The molecule has 1 aromatic rings. The van der Waals surface area contributed by atoms with Gasteiger partial charge in [0.15, 0.2) is 0 Å². The van der Waals surface area contributed by atoms with Gasteiger partial charge in [0, 0.05) is 16.2 Å². The molecule has 2 rings (SSSR count). The predicted molar refractivity (Wildman–Crippen MR) is 60.6 cm³/mol. The number of hydrogen-bond acceptors (Lipinski definition) is 2. The van der Waals surface area contributed by atoms with Gasteiger partial charge in [-0.25, -0.2) is 0 Å². The van der Waals surface area contributed by atoms with Crippen molar-refractivity contribution in [1.82, 2.24) is 0 Å². The van der Waals surface area contributed by atoms with Gasteiger partial charge in [0.25, 0.3) is 0 Å². The van der Waals surface area contributed by atoms with Crippen LogP contribution in [0.5, 0.6) is 5.75 Å². The number of halogens is 2. The van der Waals surface area contributed by atoms with Crippen molar-refractivity contribution in [3.8, 4) is 5.75 Å². The molecule has 0 aromatic heterocycles. The maximum atomic E-state index is 10.7. The third-order valence-electron chi connectivity index (χ3n) is 2.26. The van der Waals surface area contributed by atoms with Gasteiger partial charge < -0.3 is 4.74 Å². The van der Waals surface area contributed by atoms with Crippen LogP contribution in [0.25, 0.3) is 6.08 Å². The summed E-state index contributed by atoms with van der Waals surface area (Å²) in [4.78, 5) is 10.7. The van der Waals surface area contributed by atoms with Gasteiger partial charge in [-0.1, -0.05) is 23.2 Å². The van der Waals surface area contributed by atoms with Crippen LogP contribution >= 0.6 is 23.2 Å². The Labute approximate surface area is 97.4 Å². The molecule has 1 aliphatic rings. The summed E-state index contributed by atoms with van der Waals surface area (Å²) in [5, 5.41) is 0.990. The molecule has 1 atom stereocenters. The van der Waals surface area contributed by atoms with Gasteiger partial charge in [-0.05, 0) is 25.1 Å². The number of carbonyl (C=O) groups is 1. The predicted octanol–water partition coefficient (Wildman–Crippen LogP) is 3.36. The third kappa shape index (κ3) is 1.87. The maximum Gasteiger partial charge on any atom is 0.149 e. The van der Waals surface area contributed by atoms with Crippen LogP contribution in [0.3, 0.4) is 0 Å². The van der Waals surface area contributed by atoms with E-state index < -0.39 is 0 Å². The van der Waals surface area contributed by atoms with Crippen LogP contribution in [0.4, 0.5) is 0 Å². The summed E-state index contributed by atoms with van der Waals surface area (Å²) >= 11 is 11.8. The molecule has 0 amide bonds. The molecule has 1 aromatic carbocycles. The highest BCUT2D eigenvalue weighted by Gasteiger charge is 2.20. The van der Waals surface area contributed by atoms with Crippen molar-refractivity contribution >= 4 is 35.6 Å². The van der Waals surface area contributed by atoms with E-state index in [1.54, 1.807) is 25.1 Å². The van der Waals surface area contributed by atoms with Gasteiger partial charge in [0.05, 0.1) is 5.02 Å². The second-order valence-corrected chi connectivity index (χ2v) is 4.17. The zero-order valence-electron chi connectivity index (χ0n) is 7.96. The van der Waals surface area contributed by atoms with E-state index in [0.717, 1.165) is 11.8 Å². The Bertz CT molecular complexity index is 452. The number of aldehydes is 1. The van der Waals surface area contributed by atoms with E-state index in [1.165, 1.54) is 0 Å². The molecule has 78 valence electrons. The van der Waals surface area contributed by atoms with Crippen LogP contribution in [0.1, 0.15) is 12.5 Å². The van der Waals surface area contributed by atoms with E-state index in [4.69, 9.17) is 27.9 Å². The molecule has 1 aliphatic heterocycles. The molecule has 4 heteroatoms. The standard InChI is InChI=1S/C11H8Cl2O2/c1-6-8(5-14)2-7-3-9(12)4-10(13)11(7)15-6/h2-6H,1H3/t6-/m1/s1. The van der Waals surface area contributed by atoms with E-state index in [2.05, 4.69) is 0 Å². The molecule has 0 aliphatic carbocycles. The first-order chi connectivity index (χ1) is 7.11.